The number of nitrogens with zero attached hydrogens (tertiary/aromatic N) is 1. The Morgan fingerprint density at radius 1 is 1.45 bits per heavy atom. The van der Waals surface area contributed by atoms with E-state index in [0.717, 1.165) is 0 Å². The maximum Gasteiger partial charge on any atom is 0.259 e. The molecule has 2 rings (SSSR count). The van der Waals surface area contributed by atoms with E-state index in [-0.39, 0.29) is 5.57 Å². The first kappa shape index (κ1) is 14.6. The Labute approximate surface area is 120 Å². The van der Waals surface area contributed by atoms with Gasteiger partial charge in [-0.3, -0.25) is 4.79 Å². The zero-order chi connectivity index (χ0) is 14.9. The number of nitriles is 1. The monoisotopic (exact) mass is 309 g/mol. The first-order valence-corrected chi connectivity index (χ1v) is 7.90. The lowest BCUT2D eigenvalue weighted by Crippen LogP contribution is -2.16. The molecule has 1 aromatic rings. The summed E-state index contributed by atoms with van der Waals surface area (Å²) in [4.78, 5) is 11.6. The van der Waals surface area contributed by atoms with Crippen LogP contribution in [-0.2, 0) is 14.9 Å². The fraction of sp³-hybridized carbons (Fsp3) is 0.167. The summed E-state index contributed by atoms with van der Waals surface area (Å²) < 4.78 is 33.2. The van der Waals surface area contributed by atoms with Crippen molar-refractivity contribution in [2.45, 2.75) is 16.2 Å². The Balaban J connectivity index is 2.73. The molecule has 0 aliphatic carbocycles. The van der Waals surface area contributed by atoms with Gasteiger partial charge in [-0.05, 0) is 35.8 Å². The van der Waals surface area contributed by atoms with Gasteiger partial charge >= 0.3 is 0 Å². The molecule has 0 atom stereocenters. The van der Waals surface area contributed by atoms with Crippen molar-refractivity contribution >= 4 is 33.4 Å². The van der Waals surface area contributed by atoms with Crippen LogP contribution in [0.1, 0.15) is 12.0 Å². The predicted octanol–water partition coefficient (Wildman–Crippen LogP) is 0.849. The molecular formula is C12H9N2O4S2-. The molecule has 1 aromatic carbocycles. The van der Waals surface area contributed by atoms with Crippen molar-refractivity contribution in [2.75, 3.05) is 5.75 Å². The number of carbonyl (C=O) groups is 1. The molecule has 1 heterocycles. The fourth-order valence-electron chi connectivity index (χ4n) is 1.95. The SMILES string of the molecule is N#C/C(C(N)=O)=C1/CCSc2ccc(S(=O)(=O)[O-])cc21. The van der Waals surface area contributed by atoms with Crippen LogP contribution in [-0.4, -0.2) is 24.6 Å². The van der Waals surface area contributed by atoms with Crippen LogP contribution in [0.2, 0.25) is 0 Å². The van der Waals surface area contributed by atoms with E-state index in [9.17, 15) is 17.8 Å². The molecule has 8 heteroatoms. The van der Waals surface area contributed by atoms with E-state index in [0.29, 0.717) is 28.2 Å². The van der Waals surface area contributed by atoms with Gasteiger partial charge in [-0.15, -0.1) is 11.8 Å². The summed E-state index contributed by atoms with van der Waals surface area (Å²) in [6, 6.07) is 5.65. The molecule has 0 radical (unpaired) electrons. The maximum atomic E-state index is 11.3. The Kier molecular flexibility index (Phi) is 3.85. The second kappa shape index (κ2) is 5.28. The van der Waals surface area contributed by atoms with E-state index >= 15 is 0 Å². The first-order valence-electron chi connectivity index (χ1n) is 5.50. The topological polar surface area (TPSA) is 124 Å². The molecule has 0 spiro atoms. The highest BCUT2D eigenvalue weighted by molar-refractivity contribution is 7.99. The van der Waals surface area contributed by atoms with Crippen LogP contribution in [0.25, 0.3) is 5.57 Å². The Morgan fingerprint density at radius 2 is 2.15 bits per heavy atom. The molecule has 2 N–H and O–H groups in total. The molecular weight excluding hydrogens is 300 g/mol. The van der Waals surface area contributed by atoms with Crippen LogP contribution in [0.15, 0.2) is 33.6 Å². The standard InChI is InChI=1S/C12H10N2O4S2/c13-6-10(12(14)15)8-3-4-19-11-2-1-7(5-9(8)11)20(16,17)18/h1-2,5H,3-4H2,(H2,14,15)(H,16,17,18)/p-1/b10-8+. The van der Waals surface area contributed by atoms with Crippen molar-refractivity contribution in [3.63, 3.8) is 0 Å². The third-order valence-electron chi connectivity index (χ3n) is 2.83. The van der Waals surface area contributed by atoms with E-state index in [1.165, 1.54) is 30.0 Å². The Hall–Kier alpha value is -1.82. The number of benzene rings is 1. The second-order valence-corrected chi connectivity index (χ2v) is 6.56. The predicted molar refractivity (Wildman–Crippen MR) is 71.5 cm³/mol. The summed E-state index contributed by atoms with van der Waals surface area (Å²) in [6.07, 6.45) is 0.409. The molecule has 0 saturated heterocycles. The van der Waals surface area contributed by atoms with Gasteiger partial charge in [-0.25, -0.2) is 8.42 Å². The highest BCUT2D eigenvalue weighted by Crippen LogP contribution is 2.39. The van der Waals surface area contributed by atoms with Crippen molar-refractivity contribution < 1.29 is 17.8 Å². The molecule has 104 valence electrons. The number of rotatable bonds is 2. The maximum absolute atomic E-state index is 11.3. The average molecular weight is 309 g/mol. The van der Waals surface area contributed by atoms with E-state index in [1.54, 1.807) is 6.07 Å². The lowest BCUT2D eigenvalue weighted by molar-refractivity contribution is -0.114. The fourth-order valence-corrected chi connectivity index (χ4v) is 3.48. The first-order chi connectivity index (χ1) is 9.34. The summed E-state index contributed by atoms with van der Waals surface area (Å²) in [6.45, 7) is 0. The number of thioether (sulfide) groups is 1. The number of hydrogen-bond donors (Lipinski definition) is 1. The molecule has 0 aromatic heterocycles. The average Bonchev–Trinajstić information content (AvgIpc) is 2.37. The van der Waals surface area contributed by atoms with Gasteiger partial charge in [-0.1, -0.05) is 0 Å². The van der Waals surface area contributed by atoms with Crippen LogP contribution in [0.5, 0.6) is 0 Å². The lowest BCUT2D eigenvalue weighted by Gasteiger charge is -2.20. The molecule has 0 saturated carbocycles. The zero-order valence-corrected chi connectivity index (χ0v) is 11.8. The number of allylic oxidation sites excluding steroid dienone is 1. The van der Waals surface area contributed by atoms with Gasteiger partial charge in [0.25, 0.3) is 5.91 Å². The normalized spacial score (nSPS) is 17.0. The summed E-state index contributed by atoms with van der Waals surface area (Å²) >= 11 is 1.46. The quantitative estimate of drug-likeness (QED) is 0.490. The number of carbonyl (C=O) groups excluding carboxylic acids is 1. The summed E-state index contributed by atoms with van der Waals surface area (Å²) in [7, 11) is -4.59. The third kappa shape index (κ3) is 2.70. The summed E-state index contributed by atoms with van der Waals surface area (Å²) in [5.41, 5.74) is 5.75. The second-order valence-electron chi connectivity index (χ2n) is 4.04. The van der Waals surface area contributed by atoms with E-state index in [1.807, 2.05) is 0 Å². The van der Waals surface area contributed by atoms with Crippen molar-refractivity contribution in [1.82, 2.24) is 0 Å². The molecule has 1 aliphatic heterocycles. The van der Waals surface area contributed by atoms with Gasteiger partial charge in [0.05, 0.1) is 4.90 Å². The minimum absolute atomic E-state index is 0.202. The van der Waals surface area contributed by atoms with Gasteiger partial charge in [0.1, 0.15) is 21.8 Å². The summed E-state index contributed by atoms with van der Waals surface area (Å²) in [5, 5.41) is 9.01. The van der Waals surface area contributed by atoms with Crippen molar-refractivity contribution in [1.29, 1.82) is 5.26 Å². The Bertz CT molecular complexity index is 760. The van der Waals surface area contributed by atoms with Gasteiger partial charge < -0.3 is 10.3 Å². The van der Waals surface area contributed by atoms with Crippen LogP contribution in [0, 0.1) is 11.3 Å². The highest BCUT2D eigenvalue weighted by atomic mass is 32.2. The smallest absolute Gasteiger partial charge is 0.259 e. The molecule has 0 unspecified atom stereocenters. The minimum atomic E-state index is -4.59. The number of nitrogens with two attached hydrogens (primary N) is 1. The summed E-state index contributed by atoms with van der Waals surface area (Å²) in [5.74, 6) is -0.222. The van der Waals surface area contributed by atoms with Crippen LogP contribution in [0.4, 0.5) is 0 Å². The van der Waals surface area contributed by atoms with Crippen molar-refractivity contribution in [2.24, 2.45) is 5.73 Å². The molecule has 0 bridgehead atoms. The van der Waals surface area contributed by atoms with E-state index in [2.05, 4.69) is 0 Å². The van der Waals surface area contributed by atoms with Gasteiger partial charge in [0, 0.05) is 10.6 Å². The molecule has 1 aliphatic rings. The Morgan fingerprint density at radius 3 is 2.70 bits per heavy atom. The molecule has 1 amide bonds. The molecule has 0 fully saturated rings. The largest absolute Gasteiger partial charge is 0.744 e. The minimum Gasteiger partial charge on any atom is -0.744 e. The molecule has 6 nitrogen and oxygen atoms in total. The number of primary amides is 1. The zero-order valence-electron chi connectivity index (χ0n) is 10.1. The van der Waals surface area contributed by atoms with Gasteiger partial charge in [0.15, 0.2) is 0 Å². The lowest BCUT2D eigenvalue weighted by atomic mass is 9.97. The number of hydrogen-bond acceptors (Lipinski definition) is 6. The number of amides is 1. The van der Waals surface area contributed by atoms with E-state index in [4.69, 9.17) is 11.0 Å². The third-order valence-corrected chi connectivity index (χ3v) is 4.74. The number of fused-ring (bicyclic) bond motifs is 1. The van der Waals surface area contributed by atoms with Crippen LogP contribution in [0.3, 0.4) is 0 Å². The van der Waals surface area contributed by atoms with Crippen molar-refractivity contribution in [3.8, 4) is 6.07 Å². The molecule has 20 heavy (non-hydrogen) atoms. The highest BCUT2D eigenvalue weighted by Gasteiger charge is 2.22. The van der Waals surface area contributed by atoms with Crippen LogP contribution >= 0.6 is 11.8 Å². The van der Waals surface area contributed by atoms with Crippen LogP contribution < -0.4 is 5.73 Å². The van der Waals surface area contributed by atoms with Gasteiger partial charge in [0.2, 0.25) is 0 Å². The van der Waals surface area contributed by atoms with E-state index < -0.39 is 20.9 Å². The van der Waals surface area contributed by atoms with Gasteiger partial charge in [-0.2, -0.15) is 5.26 Å². The van der Waals surface area contributed by atoms with Crippen molar-refractivity contribution in [3.05, 3.63) is 29.3 Å².